The number of hydrogen-bond acceptors (Lipinski definition) is 2. The molecule has 6 heteroatoms. The molecule has 0 amide bonds. The van der Waals surface area contributed by atoms with E-state index in [0.29, 0.717) is 0 Å². The minimum atomic E-state index is -0.446. The van der Waals surface area contributed by atoms with Crippen LogP contribution in [-0.4, -0.2) is 37.3 Å². The van der Waals surface area contributed by atoms with Crippen molar-refractivity contribution in [3.8, 4) is 0 Å². The summed E-state index contributed by atoms with van der Waals surface area (Å²) in [5.41, 5.74) is 7.86. The highest BCUT2D eigenvalue weighted by atomic mass is 31.1. The first kappa shape index (κ1) is 29.3. The lowest BCUT2D eigenvalue weighted by molar-refractivity contribution is 1.31. The molecule has 2 N–H and O–H groups in total. The molecule has 0 aliphatic carbocycles. The number of benzene rings is 3. The molecule has 3 aromatic carbocycles. The molecule has 4 nitrogen and oxygen atoms in total. The highest BCUT2D eigenvalue weighted by Crippen LogP contribution is 2.32. The number of nitrogens with one attached hydrogen (secondary N) is 2. The van der Waals surface area contributed by atoms with Crippen molar-refractivity contribution in [2.75, 3.05) is 0 Å². The van der Waals surface area contributed by atoms with Gasteiger partial charge in [0.15, 0.2) is 0 Å². The summed E-state index contributed by atoms with van der Waals surface area (Å²) in [5, 5.41) is 4.19. The van der Waals surface area contributed by atoms with Crippen LogP contribution < -0.4 is 15.9 Å². The Morgan fingerprint density at radius 1 is 0.364 bits per heavy atom. The molecule has 3 aromatic heterocycles. The van der Waals surface area contributed by atoms with E-state index in [1.54, 1.807) is 0 Å². The number of rotatable bonds is 3. The molecule has 0 unspecified atom stereocenters. The Hall–Kier alpha value is -4.78. The van der Waals surface area contributed by atoms with Gasteiger partial charge in [0.25, 0.3) is 0 Å². The fourth-order valence-corrected chi connectivity index (χ4v) is 7.43. The fraction of sp³-hybridized carbons (Fsp3) is 0. The summed E-state index contributed by atoms with van der Waals surface area (Å²) < 4.78 is 0. The first-order valence-corrected chi connectivity index (χ1v) is 15.6. The number of hydrogen-bond donors (Lipinski definition) is 2. The minimum Gasteiger partial charge on any atom is -0.355 e. The molecule has 0 fully saturated rings. The lowest BCUT2D eigenvalue weighted by atomic mass is 10.3. The van der Waals surface area contributed by atoms with Crippen LogP contribution in [0.1, 0.15) is 22.8 Å². The monoisotopic (exact) mass is 599 g/mol. The first-order chi connectivity index (χ1) is 21.2. The standard InChI is InChI=1S/C20H14N4.C18H15P.Al/c1-2-14-10-16-5-6-18(23-16)12-20-8-7-19(24-20)11-17-4-3-15(22-17)9-13(1)21-14;1-4-10-16(11-5-1)19(17-12-6-2-7-13-17)18-14-8-3-9-15-18;/h1-12,21,24H;1-15H;. The Labute approximate surface area is 268 Å². The number of aromatic nitrogens is 4. The normalized spacial score (nSPS) is 11.5. The third-order valence-corrected chi connectivity index (χ3v) is 9.53. The van der Waals surface area contributed by atoms with Crippen molar-refractivity contribution in [1.29, 1.82) is 0 Å². The predicted molar refractivity (Wildman–Crippen MR) is 190 cm³/mol. The van der Waals surface area contributed by atoms with E-state index in [0.717, 1.165) is 44.8 Å². The maximum absolute atomic E-state index is 4.63. The zero-order valence-corrected chi connectivity index (χ0v) is 26.1. The molecule has 2 aliphatic rings. The van der Waals surface area contributed by atoms with Gasteiger partial charge in [0, 0.05) is 39.4 Å². The molecule has 8 rings (SSSR count). The van der Waals surface area contributed by atoms with Crippen LogP contribution in [0.2, 0.25) is 0 Å². The molecule has 0 saturated carbocycles. The van der Waals surface area contributed by atoms with E-state index in [1.165, 1.54) is 15.9 Å². The summed E-state index contributed by atoms with van der Waals surface area (Å²) >= 11 is 0. The van der Waals surface area contributed by atoms with Crippen LogP contribution in [0.15, 0.2) is 140 Å². The van der Waals surface area contributed by atoms with Gasteiger partial charge >= 0.3 is 0 Å². The highest BCUT2D eigenvalue weighted by Gasteiger charge is 2.15. The van der Waals surface area contributed by atoms with Gasteiger partial charge in [-0.2, -0.15) is 0 Å². The molecule has 8 bridgehead atoms. The second kappa shape index (κ2) is 13.7. The van der Waals surface area contributed by atoms with Crippen molar-refractivity contribution in [3.63, 3.8) is 0 Å². The molecule has 3 radical (unpaired) electrons. The highest BCUT2D eigenvalue weighted by molar-refractivity contribution is 7.79. The topological polar surface area (TPSA) is 57.4 Å². The number of nitrogens with zero attached hydrogens (tertiary/aromatic N) is 2. The van der Waals surface area contributed by atoms with Gasteiger partial charge in [0.2, 0.25) is 0 Å². The van der Waals surface area contributed by atoms with E-state index in [2.05, 4.69) is 135 Å². The quantitative estimate of drug-likeness (QED) is 0.161. The maximum atomic E-state index is 4.63. The van der Waals surface area contributed by atoms with Gasteiger partial charge in [0.1, 0.15) is 0 Å². The summed E-state index contributed by atoms with van der Waals surface area (Å²) in [7, 11) is -0.446. The maximum Gasteiger partial charge on any atom is 0.0658 e. The third-order valence-electron chi connectivity index (χ3n) is 7.09. The van der Waals surface area contributed by atoms with E-state index in [9.17, 15) is 0 Å². The van der Waals surface area contributed by atoms with Crippen LogP contribution in [0, 0.1) is 0 Å². The second-order valence-corrected chi connectivity index (χ2v) is 12.5. The van der Waals surface area contributed by atoms with Gasteiger partial charge in [-0.15, -0.1) is 0 Å². The van der Waals surface area contributed by atoms with E-state index in [1.807, 2.05) is 48.6 Å². The Morgan fingerprint density at radius 3 is 0.909 bits per heavy atom. The molecule has 2 aliphatic heterocycles. The summed E-state index contributed by atoms with van der Waals surface area (Å²) in [4.78, 5) is 16.0. The average molecular weight is 600 g/mol. The van der Waals surface area contributed by atoms with Gasteiger partial charge < -0.3 is 9.97 Å². The molecule has 0 saturated heterocycles. The Morgan fingerprint density at radius 2 is 0.636 bits per heavy atom. The summed E-state index contributed by atoms with van der Waals surface area (Å²) in [5.74, 6) is 0. The Kier molecular flexibility index (Phi) is 9.11. The van der Waals surface area contributed by atoms with Crippen molar-refractivity contribution < 1.29 is 0 Å². The molecular weight excluding hydrogens is 570 g/mol. The zero-order chi connectivity index (χ0) is 28.8. The fourth-order valence-electron chi connectivity index (χ4n) is 5.12. The van der Waals surface area contributed by atoms with E-state index < -0.39 is 7.92 Å². The SMILES string of the molecule is C1=Cc2cc3ccc(cc4nc(cc5ccc(cc1n2)[nH]5)C=C4)[nH]3.[Al].c1ccc(P(c2ccccc2)c2ccccc2)cc1. The van der Waals surface area contributed by atoms with Crippen LogP contribution in [0.3, 0.4) is 0 Å². The molecule has 0 atom stereocenters. The van der Waals surface area contributed by atoms with E-state index in [-0.39, 0.29) is 17.4 Å². The third kappa shape index (κ3) is 7.05. The number of fused-ring (bicyclic) bond motifs is 8. The molecule has 5 heterocycles. The number of H-pyrrole nitrogens is 2. The van der Waals surface area contributed by atoms with Gasteiger partial charge in [-0.05, 0) is 96.7 Å². The zero-order valence-electron chi connectivity index (χ0n) is 24.0. The predicted octanol–water partition coefficient (Wildman–Crippen LogP) is 7.72. The summed E-state index contributed by atoms with van der Waals surface area (Å²) in [6.45, 7) is 0. The van der Waals surface area contributed by atoms with Crippen LogP contribution in [-0.2, 0) is 0 Å². The van der Waals surface area contributed by atoms with Crippen molar-refractivity contribution in [1.82, 2.24) is 19.9 Å². The van der Waals surface area contributed by atoms with Gasteiger partial charge in [-0.25, -0.2) is 9.97 Å². The summed E-state index contributed by atoms with van der Waals surface area (Å²) in [6, 6.07) is 48.7. The average Bonchev–Trinajstić information content (AvgIpc) is 3.86. The van der Waals surface area contributed by atoms with Gasteiger partial charge in [-0.3, -0.25) is 0 Å². The van der Waals surface area contributed by atoms with Crippen molar-refractivity contribution >= 4 is 87.6 Å². The van der Waals surface area contributed by atoms with Crippen LogP contribution in [0.4, 0.5) is 0 Å². The van der Waals surface area contributed by atoms with Crippen LogP contribution >= 0.6 is 7.92 Å². The lowest BCUT2D eigenvalue weighted by Crippen LogP contribution is -2.20. The van der Waals surface area contributed by atoms with Crippen LogP contribution in [0.25, 0.3) is 46.4 Å². The smallest absolute Gasteiger partial charge is 0.0658 e. The van der Waals surface area contributed by atoms with Crippen molar-refractivity contribution in [2.24, 2.45) is 0 Å². The largest absolute Gasteiger partial charge is 0.355 e. The molecule has 44 heavy (non-hydrogen) atoms. The molecular formula is C38H29AlN4P. The second-order valence-electron chi connectivity index (χ2n) is 10.2. The summed E-state index contributed by atoms with van der Waals surface area (Å²) in [6.07, 6.45) is 8.09. The lowest BCUT2D eigenvalue weighted by Gasteiger charge is -2.18. The number of aromatic amines is 2. The van der Waals surface area contributed by atoms with Crippen molar-refractivity contribution in [3.05, 3.63) is 162 Å². The Balaban J connectivity index is 0.000000157. The first-order valence-electron chi connectivity index (χ1n) is 14.2. The van der Waals surface area contributed by atoms with Crippen LogP contribution in [0.5, 0.6) is 0 Å². The molecule has 0 spiro atoms. The minimum absolute atomic E-state index is 0. The Bertz CT molecular complexity index is 1810. The van der Waals surface area contributed by atoms with E-state index >= 15 is 0 Å². The van der Waals surface area contributed by atoms with Gasteiger partial charge in [0.05, 0.1) is 22.8 Å². The van der Waals surface area contributed by atoms with E-state index in [4.69, 9.17) is 0 Å². The van der Waals surface area contributed by atoms with Crippen molar-refractivity contribution in [2.45, 2.75) is 0 Å². The molecule has 6 aromatic rings. The van der Waals surface area contributed by atoms with Gasteiger partial charge in [-0.1, -0.05) is 91.0 Å². The molecule has 209 valence electrons.